The molecule has 2 heterocycles. The summed E-state index contributed by atoms with van der Waals surface area (Å²) >= 11 is 0. The summed E-state index contributed by atoms with van der Waals surface area (Å²) in [6, 6.07) is 13.7. The molecule has 1 aromatic carbocycles. The van der Waals surface area contributed by atoms with Crippen LogP contribution >= 0.6 is 0 Å². The Balaban J connectivity index is 1.21. The molecule has 2 fully saturated rings. The van der Waals surface area contributed by atoms with E-state index in [2.05, 4.69) is 10.6 Å². The van der Waals surface area contributed by atoms with Gasteiger partial charge in [-0.05, 0) is 93.8 Å². The topological polar surface area (TPSA) is 109 Å². The summed E-state index contributed by atoms with van der Waals surface area (Å²) in [5.41, 5.74) is 4.65. The zero-order valence-corrected chi connectivity index (χ0v) is 24.4. The summed E-state index contributed by atoms with van der Waals surface area (Å²) in [5, 5.41) is 28.3. The van der Waals surface area contributed by atoms with Crippen LogP contribution in [-0.4, -0.2) is 26.4 Å². The van der Waals surface area contributed by atoms with Crippen LogP contribution in [0.2, 0.25) is 0 Å². The van der Waals surface area contributed by atoms with Gasteiger partial charge >= 0.3 is 0 Å². The fourth-order valence-electron chi connectivity index (χ4n) is 6.87. The van der Waals surface area contributed by atoms with E-state index < -0.39 is 0 Å². The van der Waals surface area contributed by atoms with Crippen molar-refractivity contribution in [1.82, 2.24) is 14.8 Å². The molecule has 0 radical (unpaired) electrons. The molecule has 2 saturated carbocycles. The summed E-state index contributed by atoms with van der Waals surface area (Å²) in [5.74, 6) is 0.707. The van der Waals surface area contributed by atoms with Crippen LogP contribution in [0.5, 0.6) is 0 Å². The van der Waals surface area contributed by atoms with Crippen LogP contribution in [0.1, 0.15) is 103 Å². The number of nitrogens with one attached hydrogen (secondary N) is 2. The molecule has 4 N–H and O–H groups in total. The Kier molecular flexibility index (Phi) is 9.18. The highest BCUT2D eigenvalue weighted by Gasteiger charge is 2.27. The molecular weight excluding hydrogens is 516 g/mol. The van der Waals surface area contributed by atoms with Gasteiger partial charge in [-0.15, -0.1) is 0 Å². The number of pyridine rings is 2. The van der Waals surface area contributed by atoms with Crippen molar-refractivity contribution < 1.29 is 10.4 Å². The number of aryl methyl sites for hydroxylation is 2. The maximum Gasteiger partial charge on any atom is 0.288 e. The van der Waals surface area contributed by atoms with Gasteiger partial charge in [-0.25, -0.2) is 0 Å². The number of benzene rings is 1. The van der Waals surface area contributed by atoms with E-state index in [4.69, 9.17) is 0 Å². The van der Waals surface area contributed by atoms with Gasteiger partial charge in [-0.3, -0.25) is 9.59 Å². The van der Waals surface area contributed by atoms with Crippen molar-refractivity contribution in [3.8, 4) is 0 Å². The van der Waals surface area contributed by atoms with E-state index in [0.717, 1.165) is 89.9 Å². The predicted molar refractivity (Wildman–Crippen MR) is 161 cm³/mol. The molecule has 5 rings (SSSR count). The molecular formula is C33H44N4O4. The monoisotopic (exact) mass is 560 g/mol. The number of anilines is 1. The molecule has 2 aliphatic rings. The molecule has 220 valence electrons. The fourth-order valence-corrected chi connectivity index (χ4v) is 6.87. The first-order chi connectivity index (χ1) is 19.8. The molecule has 2 aromatic heterocycles. The van der Waals surface area contributed by atoms with Crippen molar-refractivity contribution >= 4 is 5.69 Å². The normalized spacial score (nSPS) is 19.8. The van der Waals surface area contributed by atoms with Crippen LogP contribution in [0, 0.1) is 19.8 Å². The minimum absolute atomic E-state index is 0.0919. The Bertz CT molecular complexity index is 1460. The average Bonchev–Trinajstić information content (AvgIpc) is 2.99. The maximum atomic E-state index is 13.1. The van der Waals surface area contributed by atoms with E-state index in [1.807, 2.05) is 56.3 Å². The number of hydrogen-bond donors (Lipinski definition) is 4. The van der Waals surface area contributed by atoms with Crippen molar-refractivity contribution in [3.05, 3.63) is 96.8 Å². The highest BCUT2D eigenvalue weighted by atomic mass is 16.5. The van der Waals surface area contributed by atoms with Gasteiger partial charge in [0.1, 0.15) is 0 Å². The van der Waals surface area contributed by atoms with Crippen molar-refractivity contribution in [1.29, 1.82) is 0 Å². The number of rotatable bonds is 9. The first-order valence-electron chi connectivity index (χ1n) is 15.2. The third-order valence-corrected chi connectivity index (χ3v) is 9.27. The molecule has 8 heteroatoms. The van der Waals surface area contributed by atoms with Crippen LogP contribution in [0.25, 0.3) is 0 Å². The van der Waals surface area contributed by atoms with Crippen molar-refractivity contribution in [2.75, 3.05) is 11.9 Å². The van der Waals surface area contributed by atoms with E-state index in [9.17, 15) is 20.0 Å². The minimum atomic E-state index is -0.365. The summed E-state index contributed by atoms with van der Waals surface area (Å²) in [7, 11) is 0. The zero-order valence-electron chi connectivity index (χ0n) is 24.4. The minimum Gasteiger partial charge on any atom is -0.425 e. The standard InChI is InChI=1S/C33H44N4O4/c1-22-16-30(25-11-5-3-6-12-25)36(40)32(38)28(22)20-34-19-24-10-9-13-26(18-24)31-17-23(2)29(33(39)37(31)41)21-35-27-14-7-4-8-15-27/h4,7-8,14-17,24-26,34-35,40-41H,3,5-6,9-13,18-21H2,1-2H3. The Morgan fingerprint density at radius 2 is 1.34 bits per heavy atom. The second-order valence-electron chi connectivity index (χ2n) is 12.1. The van der Waals surface area contributed by atoms with Crippen molar-refractivity contribution in [2.24, 2.45) is 5.92 Å². The van der Waals surface area contributed by atoms with Crippen molar-refractivity contribution in [3.63, 3.8) is 0 Å². The fraction of sp³-hybridized carbons (Fsp3) is 0.515. The summed E-state index contributed by atoms with van der Waals surface area (Å²) in [6.45, 7) is 5.39. The van der Waals surface area contributed by atoms with E-state index in [1.54, 1.807) is 0 Å². The van der Waals surface area contributed by atoms with Gasteiger partial charge in [0, 0.05) is 41.7 Å². The average molecular weight is 561 g/mol. The predicted octanol–water partition coefficient (Wildman–Crippen LogP) is 5.82. The molecule has 2 aliphatic carbocycles. The molecule has 0 spiro atoms. The second kappa shape index (κ2) is 13.0. The smallest absolute Gasteiger partial charge is 0.288 e. The number of aromatic nitrogens is 2. The van der Waals surface area contributed by atoms with Gasteiger partial charge in [-0.1, -0.05) is 43.9 Å². The Hall–Kier alpha value is -3.52. The van der Waals surface area contributed by atoms with Gasteiger partial charge in [0.2, 0.25) is 0 Å². The quantitative estimate of drug-likeness (QED) is 0.246. The third kappa shape index (κ3) is 6.53. The summed E-state index contributed by atoms with van der Waals surface area (Å²) in [4.78, 5) is 26.1. The van der Waals surface area contributed by atoms with Gasteiger partial charge < -0.3 is 21.0 Å². The first kappa shape index (κ1) is 29.0. The summed E-state index contributed by atoms with van der Waals surface area (Å²) < 4.78 is 1.74. The van der Waals surface area contributed by atoms with E-state index >= 15 is 0 Å². The maximum absolute atomic E-state index is 13.1. The van der Waals surface area contributed by atoms with Gasteiger partial charge in [0.15, 0.2) is 0 Å². The van der Waals surface area contributed by atoms with Crippen LogP contribution in [0.4, 0.5) is 5.69 Å². The lowest BCUT2D eigenvalue weighted by Gasteiger charge is -2.30. The summed E-state index contributed by atoms with van der Waals surface area (Å²) in [6.07, 6.45) is 9.41. The van der Waals surface area contributed by atoms with Gasteiger partial charge in [-0.2, -0.15) is 9.46 Å². The molecule has 41 heavy (non-hydrogen) atoms. The van der Waals surface area contributed by atoms with E-state index in [1.165, 1.54) is 6.42 Å². The number of para-hydroxylation sites is 1. The Morgan fingerprint density at radius 1 is 0.756 bits per heavy atom. The lowest BCUT2D eigenvalue weighted by Crippen LogP contribution is -2.34. The Labute approximate surface area is 242 Å². The zero-order chi connectivity index (χ0) is 28.9. The highest BCUT2D eigenvalue weighted by molar-refractivity contribution is 5.44. The number of hydrogen-bond acceptors (Lipinski definition) is 6. The number of nitrogens with zero attached hydrogens (tertiary/aromatic N) is 2. The first-order valence-corrected chi connectivity index (χ1v) is 15.2. The van der Waals surface area contributed by atoms with Crippen LogP contribution in [0.15, 0.2) is 52.1 Å². The van der Waals surface area contributed by atoms with Crippen LogP contribution in [-0.2, 0) is 13.1 Å². The lowest BCUT2D eigenvalue weighted by molar-refractivity contribution is 0.151. The molecule has 0 aliphatic heterocycles. The molecule has 0 amide bonds. The van der Waals surface area contributed by atoms with Crippen molar-refractivity contribution in [2.45, 2.75) is 96.6 Å². The second-order valence-corrected chi connectivity index (χ2v) is 12.1. The van der Waals surface area contributed by atoms with Gasteiger partial charge in [0.05, 0.1) is 11.4 Å². The molecule has 0 saturated heterocycles. The van der Waals surface area contributed by atoms with E-state index in [0.29, 0.717) is 35.8 Å². The SMILES string of the molecule is Cc1cc(C2CCCCC2)n(O)c(=O)c1CNCC1CCCC(c2cc(C)c(CNc3ccccc3)c(=O)n2O)C1. The molecule has 0 bridgehead atoms. The molecule has 3 aromatic rings. The molecule has 8 nitrogen and oxygen atoms in total. The van der Waals surface area contributed by atoms with Gasteiger partial charge in [0.25, 0.3) is 11.1 Å². The van der Waals surface area contributed by atoms with Crippen LogP contribution < -0.4 is 21.8 Å². The van der Waals surface area contributed by atoms with E-state index in [-0.39, 0.29) is 23.0 Å². The largest absolute Gasteiger partial charge is 0.425 e. The molecule has 2 atom stereocenters. The lowest BCUT2D eigenvalue weighted by atomic mass is 9.79. The van der Waals surface area contributed by atoms with Crippen LogP contribution in [0.3, 0.4) is 0 Å². The third-order valence-electron chi connectivity index (χ3n) is 9.27. The molecule has 2 unspecified atom stereocenters. The highest BCUT2D eigenvalue weighted by Crippen LogP contribution is 2.36. The Morgan fingerprint density at radius 3 is 2.00 bits per heavy atom.